The average Bonchev–Trinajstić information content (AvgIpc) is 2.84. The van der Waals surface area contributed by atoms with Crippen LogP contribution in [0.1, 0.15) is 16.0 Å². The lowest BCUT2D eigenvalue weighted by Crippen LogP contribution is -2.14. The minimum absolute atomic E-state index is 0.117. The van der Waals surface area contributed by atoms with E-state index in [2.05, 4.69) is 11.4 Å². The Kier molecular flexibility index (Phi) is 4.09. The molecule has 0 atom stereocenters. The number of sulfonamides is 1. The Morgan fingerprint density at radius 1 is 1.40 bits per heavy atom. The number of hydrogen-bond acceptors (Lipinski definition) is 5. The molecule has 2 rings (SSSR count). The summed E-state index contributed by atoms with van der Waals surface area (Å²) < 4.78 is 22.9. The van der Waals surface area contributed by atoms with E-state index in [-0.39, 0.29) is 4.90 Å². The van der Waals surface area contributed by atoms with E-state index in [9.17, 15) is 8.42 Å². The van der Waals surface area contributed by atoms with Crippen molar-refractivity contribution in [1.82, 2.24) is 0 Å². The fourth-order valence-electron chi connectivity index (χ4n) is 1.74. The summed E-state index contributed by atoms with van der Waals surface area (Å²) in [7, 11) is -3.72. The van der Waals surface area contributed by atoms with E-state index in [0.29, 0.717) is 23.4 Å². The smallest absolute Gasteiger partial charge is 0.238 e. The fraction of sp³-hybridized carbons (Fsp3) is 0.154. The largest absolute Gasteiger partial charge is 0.380 e. The molecule has 7 heteroatoms. The van der Waals surface area contributed by atoms with Gasteiger partial charge in [0.2, 0.25) is 10.0 Å². The molecule has 0 saturated carbocycles. The van der Waals surface area contributed by atoms with Crippen LogP contribution in [0.15, 0.2) is 34.5 Å². The van der Waals surface area contributed by atoms with Gasteiger partial charge in [-0.15, -0.1) is 11.3 Å². The number of hydrogen-bond donors (Lipinski definition) is 2. The van der Waals surface area contributed by atoms with Gasteiger partial charge in [0, 0.05) is 22.5 Å². The lowest BCUT2D eigenvalue weighted by Gasteiger charge is -2.09. The molecule has 2 aromatic rings. The summed E-state index contributed by atoms with van der Waals surface area (Å²) in [6.07, 6.45) is 0. The van der Waals surface area contributed by atoms with E-state index in [4.69, 9.17) is 10.4 Å². The van der Waals surface area contributed by atoms with Crippen molar-refractivity contribution in [2.24, 2.45) is 5.14 Å². The van der Waals surface area contributed by atoms with E-state index < -0.39 is 10.0 Å². The number of nitriles is 1. The first-order valence-electron chi connectivity index (χ1n) is 5.75. The SMILES string of the molecule is Cc1ccc(NCc2cc(C#N)cs2)cc1S(N)(=O)=O. The zero-order chi connectivity index (χ0) is 14.8. The van der Waals surface area contributed by atoms with Crippen molar-refractivity contribution >= 4 is 27.0 Å². The molecule has 0 bridgehead atoms. The van der Waals surface area contributed by atoms with Crippen LogP contribution in [0, 0.1) is 18.3 Å². The van der Waals surface area contributed by atoms with Crippen LogP contribution in [0.4, 0.5) is 5.69 Å². The second-order valence-corrected chi connectivity index (χ2v) is 6.82. The molecular weight excluding hydrogens is 294 g/mol. The molecule has 104 valence electrons. The molecule has 0 fully saturated rings. The van der Waals surface area contributed by atoms with Gasteiger partial charge in [0.05, 0.1) is 10.5 Å². The van der Waals surface area contributed by atoms with E-state index in [1.807, 2.05) is 0 Å². The number of nitrogens with two attached hydrogens (primary N) is 1. The third-order valence-corrected chi connectivity index (χ3v) is 4.73. The molecule has 0 radical (unpaired) electrons. The zero-order valence-corrected chi connectivity index (χ0v) is 12.4. The molecule has 0 aliphatic carbocycles. The van der Waals surface area contributed by atoms with Gasteiger partial charge >= 0.3 is 0 Å². The minimum atomic E-state index is -3.72. The Balaban J connectivity index is 2.17. The molecule has 5 nitrogen and oxygen atoms in total. The van der Waals surface area contributed by atoms with Crippen LogP contribution in [0.3, 0.4) is 0 Å². The highest BCUT2D eigenvalue weighted by Gasteiger charge is 2.12. The van der Waals surface area contributed by atoms with Gasteiger partial charge in [0.25, 0.3) is 0 Å². The van der Waals surface area contributed by atoms with E-state index >= 15 is 0 Å². The van der Waals surface area contributed by atoms with E-state index in [0.717, 1.165) is 4.88 Å². The number of aryl methyl sites for hydroxylation is 1. The van der Waals surface area contributed by atoms with Crippen LogP contribution in [-0.4, -0.2) is 8.42 Å². The molecule has 0 aliphatic heterocycles. The molecule has 1 aromatic heterocycles. The highest BCUT2D eigenvalue weighted by atomic mass is 32.2. The molecule has 0 spiro atoms. The third-order valence-electron chi connectivity index (χ3n) is 2.74. The molecule has 0 amide bonds. The van der Waals surface area contributed by atoms with Crippen LogP contribution in [-0.2, 0) is 16.6 Å². The van der Waals surface area contributed by atoms with Crippen LogP contribution >= 0.6 is 11.3 Å². The molecule has 1 heterocycles. The summed E-state index contributed by atoms with van der Waals surface area (Å²) >= 11 is 1.48. The van der Waals surface area contributed by atoms with Gasteiger partial charge in [-0.3, -0.25) is 0 Å². The number of benzene rings is 1. The van der Waals surface area contributed by atoms with Crippen molar-refractivity contribution in [3.63, 3.8) is 0 Å². The highest BCUT2D eigenvalue weighted by Crippen LogP contribution is 2.21. The molecule has 0 aliphatic rings. The van der Waals surface area contributed by atoms with Gasteiger partial charge in [-0.25, -0.2) is 13.6 Å². The van der Waals surface area contributed by atoms with Crippen molar-refractivity contribution in [2.75, 3.05) is 5.32 Å². The lowest BCUT2D eigenvalue weighted by atomic mass is 10.2. The summed E-state index contributed by atoms with van der Waals surface area (Å²) in [6.45, 7) is 2.22. The Labute approximate surface area is 121 Å². The molecule has 0 saturated heterocycles. The van der Waals surface area contributed by atoms with Crippen molar-refractivity contribution < 1.29 is 8.42 Å². The number of thiophene rings is 1. The third kappa shape index (κ3) is 3.36. The second kappa shape index (κ2) is 5.63. The number of nitrogens with zero attached hydrogens (tertiary/aromatic N) is 1. The minimum Gasteiger partial charge on any atom is -0.380 e. The topological polar surface area (TPSA) is 96.0 Å². The Bertz CT molecular complexity index is 773. The number of anilines is 1. The maximum atomic E-state index is 11.4. The van der Waals surface area contributed by atoms with Gasteiger partial charge in [-0.05, 0) is 30.7 Å². The molecule has 0 unspecified atom stereocenters. The summed E-state index contributed by atoms with van der Waals surface area (Å²) in [4.78, 5) is 1.12. The van der Waals surface area contributed by atoms with Gasteiger partial charge < -0.3 is 5.32 Å². The van der Waals surface area contributed by atoms with Crippen molar-refractivity contribution in [3.05, 3.63) is 45.6 Å². The lowest BCUT2D eigenvalue weighted by molar-refractivity contribution is 0.597. The first-order chi connectivity index (χ1) is 9.40. The maximum absolute atomic E-state index is 11.4. The Hall–Kier alpha value is -1.88. The summed E-state index contributed by atoms with van der Waals surface area (Å²) in [5, 5.41) is 18.8. The highest BCUT2D eigenvalue weighted by molar-refractivity contribution is 7.89. The first-order valence-corrected chi connectivity index (χ1v) is 8.17. The Morgan fingerprint density at radius 3 is 2.75 bits per heavy atom. The Morgan fingerprint density at radius 2 is 2.15 bits per heavy atom. The molecular formula is C13H13N3O2S2. The first kappa shape index (κ1) is 14.5. The zero-order valence-electron chi connectivity index (χ0n) is 10.8. The van der Waals surface area contributed by atoms with Gasteiger partial charge in [-0.1, -0.05) is 6.07 Å². The summed E-state index contributed by atoms with van der Waals surface area (Å²) in [5.74, 6) is 0. The van der Waals surface area contributed by atoms with E-state index in [1.54, 1.807) is 30.5 Å². The predicted molar refractivity (Wildman–Crippen MR) is 78.9 cm³/mol. The number of rotatable bonds is 4. The van der Waals surface area contributed by atoms with Gasteiger partial charge in [-0.2, -0.15) is 5.26 Å². The van der Waals surface area contributed by atoms with Gasteiger partial charge in [0.1, 0.15) is 6.07 Å². The standard InChI is InChI=1S/C13H13N3O2S2/c1-9-2-3-11(5-13(9)20(15,17)18)16-7-12-4-10(6-14)8-19-12/h2-5,8,16H,7H2,1H3,(H2,15,17,18). The fourth-order valence-corrected chi connectivity index (χ4v) is 3.30. The van der Waals surface area contributed by atoms with Crippen LogP contribution in [0.2, 0.25) is 0 Å². The van der Waals surface area contributed by atoms with Crippen LogP contribution in [0.25, 0.3) is 0 Å². The number of primary sulfonamides is 1. The normalized spacial score (nSPS) is 11.1. The van der Waals surface area contributed by atoms with Crippen molar-refractivity contribution in [2.45, 2.75) is 18.4 Å². The van der Waals surface area contributed by atoms with E-state index in [1.165, 1.54) is 17.4 Å². The maximum Gasteiger partial charge on any atom is 0.238 e. The predicted octanol–water partition coefficient (Wildman–Crippen LogP) is 2.19. The average molecular weight is 307 g/mol. The summed E-state index contributed by atoms with van der Waals surface area (Å²) in [5.41, 5.74) is 1.91. The number of nitrogens with one attached hydrogen (secondary N) is 1. The quantitative estimate of drug-likeness (QED) is 0.905. The molecule has 1 aromatic carbocycles. The van der Waals surface area contributed by atoms with Crippen LogP contribution in [0.5, 0.6) is 0 Å². The second-order valence-electron chi connectivity index (χ2n) is 4.29. The molecule has 3 N–H and O–H groups in total. The van der Waals surface area contributed by atoms with Crippen molar-refractivity contribution in [1.29, 1.82) is 5.26 Å². The monoisotopic (exact) mass is 307 g/mol. The van der Waals surface area contributed by atoms with Crippen molar-refractivity contribution in [3.8, 4) is 6.07 Å². The molecule has 20 heavy (non-hydrogen) atoms. The summed E-state index contributed by atoms with van der Waals surface area (Å²) in [6, 6.07) is 8.88. The van der Waals surface area contributed by atoms with Gasteiger partial charge in [0.15, 0.2) is 0 Å². The van der Waals surface area contributed by atoms with Crippen LogP contribution < -0.4 is 10.5 Å².